The SMILES string of the molecule is O=c1oc2ccccc2n1S(=O)(=O)C(F)(F)F. The van der Waals surface area contributed by atoms with E-state index in [1.165, 1.54) is 18.2 Å². The van der Waals surface area contributed by atoms with Crippen LogP contribution in [0.5, 0.6) is 0 Å². The molecule has 1 aromatic heterocycles. The van der Waals surface area contributed by atoms with Crippen molar-refractivity contribution in [1.82, 2.24) is 3.97 Å². The van der Waals surface area contributed by atoms with Crippen LogP contribution in [-0.2, 0) is 10.0 Å². The Bertz CT molecular complexity index is 725. The summed E-state index contributed by atoms with van der Waals surface area (Å²) in [5.41, 5.74) is -6.25. The minimum atomic E-state index is -5.78. The van der Waals surface area contributed by atoms with Gasteiger partial charge in [0.2, 0.25) is 0 Å². The zero-order valence-corrected chi connectivity index (χ0v) is 8.75. The average molecular weight is 267 g/mol. The quantitative estimate of drug-likeness (QED) is 0.780. The molecular formula is C8H4F3NO4S. The summed E-state index contributed by atoms with van der Waals surface area (Å²) >= 11 is 0. The first kappa shape index (κ1) is 11.7. The van der Waals surface area contributed by atoms with Gasteiger partial charge >= 0.3 is 21.3 Å². The number of fused-ring (bicyclic) bond motifs is 1. The fraction of sp³-hybridized carbons (Fsp3) is 0.125. The number of oxazole rings is 1. The first-order chi connectivity index (χ1) is 7.75. The third-order valence-corrected chi connectivity index (χ3v) is 3.39. The van der Waals surface area contributed by atoms with Gasteiger partial charge in [0.05, 0.1) is 0 Å². The first-order valence-electron chi connectivity index (χ1n) is 4.17. The van der Waals surface area contributed by atoms with Crippen molar-refractivity contribution in [3.05, 3.63) is 34.8 Å². The number of nitrogens with zero attached hydrogens (tertiary/aromatic N) is 1. The van der Waals surface area contributed by atoms with Crippen molar-refractivity contribution < 1.29 is 26.0 Å². The number of hydrogen-bond acceptors (Lipinski definition) is 4. The van der Waals surface area contributed by atoms with Crippen LogP contribution in [0.15, 0.2) is 33.5 Å². The molecule has 0 saturated heterocycles. The number of hydrogen-bond donors (Lipinski definition) is 0. The summed E-state index contributed by atoms with van der Waals surface area (Å²) in [5, 5.41) is 0. The molecule has 2 rings (SSSR count). The molecule has 0 N–H and O–H groups in total. The normalized spacial score (nSPS) is 13.1. The Balaban J connectivity index is 2.90. The highest BCUT2D eigenvalue weighted by atomic mass is 32.2. The van der Waals surface area contributed by atoms with E-state index in [-0.39, 0.29) is 5.58 Å². The molecule has 0 fully saturated rings. The van der Waals surface area contributed by atoms with Crippen LogP contribution < -0.4 is 5.76 Å². The van der Waals surface area contributed by atoms with Gasteiger partial charge in [-0.2, -0.15) is 25.6 Å². The van der Waals surface area contributed by atoms with Crippen LogP contribution >= 0.6 is 0 Å². The molecule has 0 aliphatic rings. The van der Waals surface area contributed by atoms with Crippen LogP contribution in [0.3, 0.4) is 0 Å². The van der Waals surface area contributed by atoms with Crippen molar-refractivity contribution in [2.75, 3.05) is 0 Å². The van der Waals surface area contributed by atoms with E-state index in [0.29, 0.717) is 0 Å². The molecule has 0 spiro atoms. The van der Waals surface area contributed by atoms with Gasteiger partial charge in [-0.25, -0.2) is 4.79 Å². The molecular weight excluding hydrogens is 263 g/mol. The lowest BCUT2D eigenvalue weighted by atomic mass is 10.3. The lowest BCUT2D eigenvalue weighted by Crippen LogP contribution is -2.35. The monoisotopic (exact) mass is 267 g/mol. The summed E-state index contributed by atoms with van der Waals surface area (Å²) < 4.78 is 63.2. The predicted octanol–water partition coefficient (Wildman–Crippen LogP) is 1.29. The van der Waals surface area contributed by atoms with Gasteiger partial charge in [-0.05, 0) is 12.1 Å². The van der Waals surface area contributed by atoms with Crippen molar-refractivity contribution in [2.45, 2.75) is 5.51 Å². The van der Waals surface area contributed by atoms with E-state index in [0.717, 1.165) is 6.07 Å². The van der Waals surface area contributed by atoms with Crippen molar-refractivity contribution in [2.24, 2.45) is 0 Å². The molecule has 0 aliphatic carbocycles. The highest BCUT2D eigenvalue weighted by Gasteiger charge is 2.49. The molecule has 2 aromatic rings. The molecule has 0 amide bonds. The molecule has 0 unspecified atom stereocenters. The number of benzene rings is 1. The lowest BCUT2D eigenvalue weighted by molar-refractivity contribution is -0.0447. The molecule has 1 heterocycles. The number of halogens is 3. The molecule has 92 valence electrons. The molecule has 9 heteroatoms. The van der Waals surface area contributed by atoms with Crippen molar-refractivity contribution >= 4 is 21.1 Å². The lowest BCUT2D eigenvalue weighted by Gasteiger charge is -2.07. The van der Waals surface area contributed by atoms with E-state index in [9.17, 15) is 26.4 Å². The van der Waals surface area contributed by atoms with E-state index in [2.05, 4.69) is 4.42 Å². The fourth-order valence-electron chi connectivity index (χ4n) is 1.28. The van der Waals surface area contributed by atoms with Crippen LogP contribution in [-0.4, -0.2) is 17.9 Å². The third kappa shape index (κ3) is 1.62. The minimum Gasteiger partial charge on any atom is -0.407 e. The third-order valence-electron chi connectivity index (χ3n) is 1.98. The van der Waals surface area contributed by atoms with E-state index >= 15 is 0 Å². The summed E-state index contributed by atoms with van der Waals surface area (Å²) in [6.07, 6.45) is 0. The molecule has 0 atom stereocenters. The summed E-state index contributed by atoms with van der Waals surface area (Å²) in [6.45, 7) is 0. The Hall–Kier alpha value is -1.77. The van der Waals surface area contributed by atoms with Crippen molar-refractivity contribution in [3.8, 4) is 0 Å². The van der Waals surface area contributed by atoms with Gasteiger partial charge in [-0.15, -0.1) is 0 Å². The Kier molecular flexibility index (Phi) is 2.31. The highest BCUT2D eigenvalue weighted by molar-refractivity contribution is 7.90. The number of aromatic nitrogens is 1. The summed E-state index contributed by atoms with van der Waals surface area (Å²) in [4.78, 5) is 11.1. The van der Waals surface area contributed by atoms with Crippen LogP contribution in [0.25, 0.3) is 11.1 Å². The summed E-state index contributed by atoms with van der Waals surface area (Å²) in [6, 6.07) is 4.93. The van der Waals surface area contributed by atoms with Crippen LogP contribution in [0.2, 0.25) is 0 Å². The standard InChI is InChI=1S/C8H4F3NO4S/c9-8(10,11)17(14,15)12-5-3-1-2-4-6(5)16-7(12)13/h1-4H. The van der Waals surface area contributed by atoms with Gasteiger partial charge in [-0.3, -0.25) is 0 Å². The average Bonchev–Trinajstić information content (AvgIpc) is 2.51. The first-order valence-corrected chi connectivity index (χ1v) is 5.61. The molecule has 0 bridgehead atoms. The number of rotatable bonds is 1. The predicted molar refractivity (Wildman–Crippen MR) is 50.8 cm³/mol. The van der Waals surface area contributed by atoms with Crippen LogP contribution in [0, 0.1) is 0 Å². The zero-order valence-electron chi connectivity index (χ0n) is 7.93. The Morgan fingerprint density at radius 1 is 1.18 bits per heavy atom. The molecule has 17 heavy (non-hydrogen) atoms. The maximum absolute atomic E-state index is 12.3. The topological polar surface area (TPSA) is 69.3 Å². The second-order valence-corrected chi connectivity index (χ2v) is 4.83. The van der Waals surface area contributed by atoms with Gasteiger partial charge in [0.25, 0.3) is 0 Å². The molecule has 0 saturated carbocycles. The maximum atomic E-state index is 12.3. The highest BCUT2D eigenvalue weighted by Crippen LogP contribution is 2.27. The zero-order chi connectivity index (χ0) is 12.8. The van der Waals surface area contributed by atoms with Gasteiger partial charge in [0.1, 0.15) is 5.52 Å². The van der Waals surface area contributed by atoms with E-state index in [4.69, 9.17) is 0 Å². The van der Waals surface area contributed by atoms with Gasteiger partial charge in [-0.1, -0.05) is 12.1 Å². The minimum absolute atomic E-state index is 0.231. The van der Waals surface area contributed by atoms with Gasteiger partial charge < -0.3 is 4.42 Å². The summed E-state index contributed by atoms with van der Waals surface area (Å²) in [5.74, 6) is -1.59. The second kappa shape index (κ2) is 3.36. The number of para-hydroxylation sites is 2. The number of alkyl halides is 3. The molecule has 0 aliphatic heterocycles. The van der Waals surface area contributed by atoms with Gasteiger partial charge in [0, 0.05) is 0 Å². The fourth-order valence-corrected chi connectivity index (χ4v) is 2.13. The van der Waals surface area contributed by atoms with Gasteiger partial charge in [0.15, 0.2) is 5.58 Å². The largest absolute Gasteiger partial charge is 0.517 e. The van der Waals surface area contributed by atoms with Crippen LogP contribution in [0.1, 0.15) is 0 Å². The second-order valence-electron chi connectivity index (χ2n) is 3.05. The van der Waals surface area contributed by atoms with E-state index in [1.54, 1.807) is 0 Å². The smallest absolute Gasteiger partial charge is 0.407 e. The van der Waals surface area contributed by atoms with Crippen molar-refractivity contribution in [1.29, 1.82) is 0 Å². The van der Waals surface area contributed by atoms with Crippen molar-refractivity contribution in [3.63, 3.8) is 0 Å². The molecule has 5 nitrogen and oxygen atoms in total. The molecule has 1 aromatic carbocycles. The van der Waals surface area contributed by atoms with Crippen LogP contribution in [0.4, 0.5) is 13.2 Å². The Morgan fingerprint density at radius 3 is 2.35 bits per heavy atom. The molecule has 0 radical (unpaired) electrons. The Morgan fingerprint density at radius 2 is 1.76 bits per heavy atom. The summed E-state index contributed by atoms with van der Waals surface area (Å²) in [7, 11) is -5.78. The Labute approximate surface area is 92.1 Å². The maximum Gasteiger partial charge on any atom is 0.517 e. The van der Waals surface area contributed by atoms with E-state index in [1.807, 2.05) is 0 Å². The van der Waals surface area contributed by atoms with E-state index < -0.39 is 30.8 Å².